The number of aromatic nitrogens is 1. The first kappa shape index (κ1) is 36.9. The molecule has 0 unspecified atom stereocenters. The van der Waals surface area contributed by atoms with Crippen molar-refractivity contribution in [3.05, 3.63) is 70.9 Å². The van der Waals surface area contributed by atoms with Crippen molar-refractivity contribution in [3.8, 4) is 10.4 Å². The third kappa shape index (κ3) is 9.06. The van der Waals surface area contributed by atoms with Crippen LogP contribution in [0, 0.1) is 12.3 Å². The number of amides is 3. The van der Waals surface area contributed by atoms with Crippen LogP contribution < -0.4 is 15.5 Å². The fraction of sp³-hybridized carbons (Fsp3) is 0.486. The average Bonchev–Trinajstić information content (AvgIpc) is 3.68. The zero-order chi connectivity index (χ0) is 36.2. The summed E-state index contributed by atoms with van der Waals surface area (Å²) in [5, 5.41) is 25.6. The Labute approximate surface area is 297 Å². The topological polar surface area (TPSA) is 155 Å². The average molecular weight is 705 g/mol. The molecule has 3 amide bonds. The van der Waals surface area contributed by atoms with Crippen molar-refractivity contribution in [2.24, 2.45) is 5.41 Å². The molecule has 0 saturated carbocycles. The van der Waals surface area contributed by atoms with Crippen LogP contribution in [0.25, 0.3) is 10.4 Å². The van der Waals surface area contributed by atoms with Gasteiger partial charge < -0.3 is 30.6 Å². The molecule has 4 N–H and O–H groups in total. The molecule has 3 heterocycles. The quantitative estimate of drug-likeness (QED) is 0.236. The molecule has 3 aromatic rings. The number of aliphatic hydroxyl groups excluding tert-OH is 1. The number of aryl methyl sites for hydroxylation is 1. The van der Waals surface area contributed by atoms with Crippen LogP contribution in [0.1, 0.15) is 57.0 Å². The molecule has 4 atom stereocenters. The Hall–Kier alpha value is -4.33. The summed E-state index contributed by atoms with van der Waals surface area (Å²) in [4.78, 5) is 63.1. The lowest BCUT2D eigenvalue weighted by Crippen LogP contribution is -2.59. The van der Waals surface area contributed by atoms with Crippen molar-refractivity contribution in [1.82, 2.24) is 25.4 Å². The van der Waals surface area contributed by atoms with Gasteiger partial charge in [-0.05, 0) is 48.1 Å². The van der Waals surface area contributed by atoms with Gasteiger partial charge in [0.25, 0.3) is 0 Å². The fourth-order valence-corrected chi connectivity index (χ4v) is 7.40. The molecule has 1 aromatic heterocycles. The molecule has 2 aliphatic rings. The van der Waals surface area contributed by atoms with Crippen LogP contribution in [0.3, 0.4) is 0 Å². The van der Waals surface area contributed by atoms with Crippen LogP contribution >= 0.6 is 11.3 Å². The van der Waals surface area contributed by atoms with Crippen LogP contribution in [-0.4, -0.2) is 106 Å². The maximum Gasteiger partial charge on any atom is 0.307 e. The minimum Gasteiger partial charge on any atom is -0.481 e. The highest BCUT2D eigenvalue weighted by Gasteiger charge is 2.44. The molecule has 0 spiro atoms. The van der Waals surface area contributed by atoms with E-state index in [1.807, 2.05) is 93.6 Å². The Kier molecular flexibility index (Phi) is 11.6. The predicted molar refractivity (Wildman–Crippen MR) is 193 cm³/mol. The molecule has 0 radical (unpaired) electrons. The zero-order valence-corrected chi connectivity index (χ0v) is 30.2. The first-order valence-corrected chi connectivity index (χ1v) is 17.9. The number of hydrogen-bond donors (Lipinski definition) is 4. The Bertz CT molecular complexity index is 1660. The molecule has 12 nitrogen and oxygen atoms in total. The molecule has 5 rings (SSSR count). The number of thiazole rings is 1. The van der Waals surface area contributed by atoms with Crippen LogP contribution in [0.5, 0.6) is 0 Å². The lowest BCUT2D eigenvalue weighted by atomic mass is 9.85. The van der Waals surface area contributed by atoms with E-state index >= 15 is 0 Å². The third-order valence-electron chi connectivity index (χ3n) is 9.46. The smallest absolute Gasteiger partial charge is 0.307 e. The third-order valence-corrected chi connectivity index (χ3v) is 10.4. The Balaban J connectivity index is 1.17. The molecule has 50 heavy (non-hydrogen) atoms. The van der Waals surface area contributed by atoms with Crippen molar-refractivity contribution in [2.45, 2.75) is 71.7 Å². The van der Waals surface area contributed by atoms with Gasteiger partial charge in [-0.25, -0.2) is 4.98 Å². The second-order valence-corrected chi connectivity index (χ2v) is 15.2. The number of benzene rings is 2. The molecule has 0 bridgehead atoms. The predicted octanol–water partition coefficient (Wildman–Crippen LogP) is 3.24. The zero-order valence-electron chi connectivity index (χ0n) is 29.4. The minimum atomic E-state index is -0.902. The van der Waals surface area contributed by atoms with Gasteiger partial charge >= 0.3 is 5.97 Å². The Morgan fingerprint density at radius 2 is 1.64 bits per heavy atom. The highest BCUT2D eigenvalue weighted by molar-refractivity contribution is 7.13. The number of aliphatic hydroxyl groups is 1. The molecule has 2 saturated heterocycles. The van der Waals surface area contributed by atoms with Gasteiger partial charge in [-0.2, -0.15) is 0 Å². The summed E-state index contributed by atoms with van der Waals surface area (Å²) in [6, 6.07) is 13.4. The summed E-state index contributed by atoms with van der Waals surface area (Å²) in [6.07, 6.45) is -0.755. The Morgan fingerprint density at radius 1 is 0.980 bits per heavy atom. The molecular weight excluding hydrogens is 657 g/mol. The largest absolute Gasteiger partial charge is 0.481 e. The van der Waals surface area contributed by atoms with E-state index in [-0.39, 0.29) is 43.8 Å². The van der Waals surface area contributed by atoms with Crippen molar-refractivity contribution >= 4 is 40.7 Å². The summed E-state index contributed by atoms with van der Waals surface area (Å²) >= 11 is 1.58. The van der Waals surface area contributed by atoms with Gasteiger partial charge in [0.15, 0.2) is 0 Å². The maximum absolute atomic E-state index is 14.1. The van der Waals surface area contributed by atoms with Crippen molar-refractivity contribution in [2.75, 3.05) is 44.2 Å². The first-order valence-electron chi connectivity index (χ1n) is 17.1. The molecule has 2 fully saturated rings. The summed E-state index contributed by atoms with van der Waals surface area (Å²) in [5.74, 6) is -1.89. The van der Waals surface area contributed by atoms with Gasteiger partial charge in [-0.1, -0.05) is 57.2 Å². The monoisotopic (exact) mass is 704 g/mol. The standard InChI is InChI=1S/C37H48N6O6S/c1-23(26-8-10-27(11-9-26)33-24(2)38-22-50-33)39-35(48)30-19-29(44)20-43(30)36(49)34(37(3,4)5)40-31(45)21-41-14-16-42(17-15-41)28-12-6-25(7-13-28)18-32(46)47/h6-13,22-23,29-30,34,44H,14-21H2,1-5H3,(H,39,48)(H,40,45)(H,46,47)/t23-,29+,30-,34+/m0/s1. The van der Waals surface area contributed by atoms with Crippen molar-refractivity contribution < 1.29 is 29.4 Å². The van der Waals surface area contributed by atoms with Crippen LogP contribution in [0.15, 0.2) is 54.0 Å². The molecule has 2 aromatic carbocycles. The lowest BCUT2D eigenvalue weighted by Gasteiger charge is -2.37. The summed E-state index contributed by atoms with van der Waals surface area (Å²) in [5.41, 5.74) is 5.85. The molecule has 13 heteroatoms. The normalized spacial score (nSPS) is 19.6. The van der Waals surface area contributed by atoms with E-state index in [0.717, 1.165) is 32.9 Å². The number of nitrogens with zero attached hydrogens (tertiary/aromatic N) is 4. The number of piperazine rings is 1. The highest BCUT2D eigenvalue weighted by Crippen LogP contribution is 2.30. The van der Waals surface area contributed by atoms with Crippen LogP contribution in [0.2, 0.25) is 0 Å². The summed E-state index contributed by atoms with van der Waals surface area (Å²) < 4.78 is 0. The van der Waals surface area contributed by atoms with E-state index in [1.54, 1.807) is 11.3 Å². The molecule has 268 valence electrons. The van der Waals surface area contributed by atoms with Crippen LogP contribution in [-0.2, 0) is 25.6 Å². The fourth-order valence-electron chi connectivity index (χ4n) is 6.59. The number of nitrogens with one attached hydrogen (secondary N) is 2. The number of carboxylic acids is 1. The van der Waals surface area contributed by atoms with Gasteiger partial charge in [0.2, 0.25) is 17.7 Å². The van der Waals surface area contributed by atoms with Gasteiger partial charge in [0.1, 0.15) is 12.1 Å². The maximum atomic E-state index is 14.1. The number of likely N-dealkylation sites (tertiary alicyclic amines) is 1. The van der Waals surface area contributed by atoms with E-state index < -0.39 is 35.5 Å². The molecule has 2 aliphatic heterocycles. The molecular formula is C37H48N6O6S. The van der Waals surface area contributed by atoms with Crippen molar-refractivity contribution in [3.63, 3.8) is 0 Å². The molecule has 0 aliphatic carbocycles. The van der Waals surface area contributed by atoms with E-state index in [0.29, 0.717) is 26.2 Å². The number of carboxylic acid groups (broad SMARTS) is 1. The van der Waals surface area contributed by atoms with E-state index in [4.69, 9.17) is 5.11 Å². The van der Waals surface area contributed by atoms with Gasteiger partial charge in [-0.15, -0.1) is 11.3 Å². The SMILES string of the molecule is Cc1ncsc1-c1ccc([C@H](C)NC(=O)[C@@H]2C[C@@H](O)CN2C(=O)[C@@H](NC(=O)CN2CCN(c3ccc(CC(=O)O)cc3)CC2)C(C)(C)C)cc1. The first-order chi connectivity index (χ1) is 23.7. The number of anilines is 1. The van der Waals surface area contributed by atoms with Gasteiger partial charge in [0, 0.05) is 44.8 Å². The summed E-state index contributed by atoms with van der Waals surface area (Å²) in [7, 11) is 0. The summed E-state index contributed by atoms with van der Waals surface area (Å²) in [6.45, 7) is 12.3. The minimum absolute atomic E-state index is 0.00982. The number of carbonyl (C=O) groups excluding carboxylic acids is 3. The number of hydrogen-bond acceptors (Lipinski definition) is 9. The number of carbonyl (C=O) groups is 4. The van der Waals surface area contributed by atoms with Gasteiger partial charge in [-0.3, -0.25) is 24.1 Å². The van der Waals surface area contributed by atoms with E-state index in [2.05, 4.69) is 20.5 Å². The lowest BCUT2D eigenvalue weighted by molar-refractivity contribution is -0.144. The van der Waals surface area contributed by atoms with Crippen molar-refractivity contribution in [1.29, 1.82) is 0 Å². The highest BCUT2D eigenvalue weighted by atomic mass is 32.1. The second kappa shape index (κ2) is 15.7. The van der Waals surface area contributed by atoms with Gasteiger partial charge in [0.05, 0.1) is 41.2 Å². The second-order valence-electron chi connectivity index (χ2n) is 14.4. The van der Waals surface area contributed by atoms with E-state index in [9.17, 15) is 24.3 Å². The Morgan fingerprint density at radius 3 is 2.22 bits per heavy atom. The number of β-amino-alcohol motifs (C(OH)–C–C–N with tert-alkyl or cyclic N) is 1. The van der Waals surface area contributed by atoms with E-state index in [1.165, 1.54) is 4.90 Å². The van der Waals surface area contributed by atoms with Crippen LogP contribution in [0.4, 0.5) is 5.69 Å². The number of rotatable bonds is 11. The number of aliphatic carboxylic acids is 1.